The molecule has 220 valence electrons. The predicted octanol–water partition coefficient (Wildman–Crippen LogP) is 0.866. The molecule has 2 aromatic carbocycles. The number of pyridine rings is 1. The second kappa shape index (κ2) is 18.0. The van der Waals surface area contributed by atoms with E-state index in [2.05, 4.69) is 112 Å². The van der Waals surface area contributed by atoms with Crippen LogP contribution in [0, 0.1) is 0 Å². The van der Waals surface area contributed by atoms with Crippen LogP contribution in [0.25, 0.3) is 0 Å². The molecule has 0 fully saturated rings. The topological polar surface area (TPSA) is 37.6 Å². The minimum atomic E-state index is 0. The van der Waals surface area contributed by atoms with Crippen molar-refractivity contribution in [2.45, 2.75) is 92.9 Å². The van der Waals surface area contributed by atoms with E-state index in [-0.39, 0.29) is 54.0 Å². The number of benzene rings is 2. The molecule has 0 saturated carbocycles. The molecule has 3 nitrogen and oxygen atoms in total. The molecule has 0 bridgehead atoms. The van der Waals surface area contributed by atoms with Crippen LogP contribution in [0.5, 0.6) is 0 Å². The molecule has 0 atom stereocenters. The van der Waals surface area contributed by atoms with Crippen LogP contribution in [0.1, 0.15) is 127 Å². The number of halogens is 3. The molecular weight excluding hydrogens is 604 g/mol. The molecule has 1 heterocycles. The van der Waals surface area contributed by atoms with Gasteiger partial charge in [0.25, 0.3) is 0 Å². The standard InChI is InChI=1S/C33H43N3.3ClH.Co/c1-20(2)26-14-11-15-27(21(3)4)32(26)34-24(9)30-18-13-19-31(36-30)25(10)35-33-28(22(5)6)16-12-17-29(33)23(7)8;;;;/h11-23H,1-10H3;3*1H;/q;;;;+3/p-3. The van der Waals surface area contributed by atoms with Crippen LogP contribution >= 0.6 is 0 Å². The number of aliphatic imine (C=N–C) groups is 2. The SMILES string of the molecule is CC(=Nc1c(C(C)C)cccc1C(C)C)c1cccc(C(C)=Nc2c(C(C)C)cccc2C(C)C)n1.[Cl-].[Cl-].[Cl-].[Co+3]. The van der Waals surface area contributed by atoms with Gasteiger partial charge in [0.15, 0.2) is 0 Å². The van der Waals surface area contributed by atoms with Crippen LogP contribution in [0.15, 0.2) is 64.6 Å². The molecule has 3 rings (SSSR count). The normalized spacial score (nSPS) is 11.7. The minimum Gasteiger partial charge on any atom is -1.00 e. The number of nitrogens with zero attached hydrogens (tertiary/aromatic N) is 3. The zero-order valence-corrected chi connectivity index (χ0v) is 28.6. The third kappa shape index (κ3) is 9.70. The van der Waals surface area contributed by atoms with Gasteiger partial charge in [-0.05, 0) is 71.9 Å². The molecule has 0 radical (unpaired) electrons. The molecule has 0 spiro atoms. The van der Waals surface area contributed by atoms with Crippen LogP contribution in [-0.4, -0.2) is 16.4 Å². The van der Waals surface area contributed by atoms with E-state index in [0.717, 1.165) is 34.2 Å². The summed E-state index contributed by atoms with van der Waals surface area (Å²) < 4.78 is 0. The van der Waals surface area contributed by atoms with E-state index in [0.29, 0.717) is 23.7 Å². The number of hydrogen-bond acceptors (Lipinski definition) is 3. The minimum absolute atomic E-state index is 0. The average Bonchev–Trinajstić information content (AvgIpc) is 2.83. The van der Waals surface area contributed by atoms with Crippen molar-refractivity contribution in [1.29, 1.82) is 0 Å². The quantitative estimate of drug-likeness (QED) is 0.335. The Hall–Kier alpha value is -1.69. The van der Waals surface area contributed by atoms with Crippen molar-refractivity contribution in [2.75, 3.05) is 0 Å². The smallest absolute Gasteiger partial charge is 1.00 e. The summed E-state index contributed by atoms with van der Waals surface area (Å²) in [5.41, 5.74) is 10.9. The van der Waals surface area contributed by atoms with Crippen molar-refractivity contribution >= 4 is 22.8 Å². The average molecular weight is 647 g/mol. The molecule has 0 aliphatic rings. The third-order valence-corrected chi connectivity index (χ3v) is 6.73. The van der Waals surface area contributed by atoms with Gasteiger partial charge < -0.3 is 37.2 Å². The summed E-state index contributed by atoms with van der Waals surface area (Å²) in [5, 5.41) is 0. The van der Waals surface area contributed by atoms with Crippen molar-refractivity contribution in [2.24, 2.45) is 9.98 Å². The maximum absolute atomic E-state index is 5.15. The Morgan fingerprint density at radius 1 is 0.500 bits per heavy atom. The van der Waals surface area contributed by atoms with Crippen LogP contribution in [0.3, 0.4) is 0 Å². The molecule has 1 aromatic heterocycles. The van der Waals surface area contributed by atoms with E-state index in [4.69, 9.17) is 15.0 Å². The Balaban J connectivity index is 0. The van der Waals surface area contributed by atoms with Gasteiger partial charge in [-0.15, -0.1) is 0 Å². The maximum atomic E-state index is 5.15. The molecule has 0 aliphatic heterocycles. The van der Waals surface area contributed by atoms with Crippen molar-refractivity contribution in [3.05, 3.63) is 88.2 Å². The first-order valence-corrected chi connectivity index (χ1v) is 13.3. The molecule has 0 N–H and O–H groups in total. The number of aromatic nitrogens is 1. The Bertz CT molecular complexity index is 1130. The molecule has 0 amide bonds. The van der Waals surface area contributed by atoms with Gasteiger partial charge >= 0.3 is 16.8 Å². The zero-order chi connectivity index (χ0) is 26.6. The summed E-state index contributed by atoms with van der Waals surface area (Å²) in [6.45, 7) is 22.0. The van der Waals surface area contributed by atoms with Gasteiger partial charge in [-0.25, -0.2) is 4.98 Å². The molecular formula is C33H43Cl3CoN3. The fourth-order valence-electron chi connectivity index (χ4n) is 4.57. The Labute approximate surface area is 271 Å². The summed E-state index contributed by atoms with van der Waals surface area (Å²) in [7, 11) is 0. The summed E-state index contributed by atoms with van der Waals surface area (Å²) in [6, 6.07) is 19.2. The van der Waals surface area contributed by atoms with Gasteiger partial charge in [0.2, 0.25) is 0 Å². The first-order chi connectivity index (χ1) is 17.0. The Morgan fingerprint density at radius 2 is 0.750 bits per heavy atom. The van der Waals surface area contributed by atoms with Gasteiger partial charge in [-0.2, -0.15) is 0 Å². The van der Waals surface area contributed by atoms with Crippen molar-refractivity contribution in [1.82, 2.24) is 4.98 Å². The van der Waals surface area contributed by atoms with Crippen LogP contribution in [0.2, 0.25) is 0 Å². The van der Waals surface area contributed by atoms with Crippen molar-refractivity contribution < 1.29 is 54.0 Å². The van der Waals surface area contributed by atoms with Crippen LogP contribution in [0.4, 0.5) is 11.4 Å². The third-order valence-electron chi connectivity index (χ3n) is 6.73. The zero-order valence-electron chi connectivity index (χ0n) is 25.3. The molecule has 40 heavy (non-hydrogen) atoms. The van der Waals surface area contributed by atoms with Gasteiger partial charge in [-0.3, -0.25) is 9.98 Å². The molecule has 0 saturated heterocycles. The second-order valence-electron chi connectivity index (χ2n) is 11.0. The van der Waals surface area contributed by atoms with Crippen LogP contribution < -0.4 is 37.2 Å². The molecule has 0 unspecified atom stereocenters. The van der Waals surface area contributed by atoms with Gasteiger partial charge in [0, 0.05) is 0 Å². The Morgan fingerprint density at radius 3 is 1.00 bits per heavy atom. The first-order valence-electron chi connectivity index (χ1n) is 13.3. The molecule has 3 aromatic rings. The number of para-hydroxylation sites is 2. The van der Waals surface area contributed by atoms with Crippen LogP contribution in [-0.2, 0) is 16.8 Å². The van der Waals surface area contributed by atoms with E-state index in [1.165, 1.54) is 22.3 Å². The summed E-state index contributed by atoms with van der Waals surface area (Å²) in [4.78, 5) is 15.3. The van der Waals surface area contributed by atoms with E-state index in [1.807, 2.05) is 12.1 Å². The molecule has 7 heteroatoms. The number of hydrogen-bond donors (Lipinski definition) is 0. The number of rotatable bonds is 8. The molecule has 0 aliphatic carbocycles. The van der Waals surface area contributed by atoms with E-state index < -0.39 is 0 Å². The van der Waals surface area contributed by atoms with E-state index in [9.17, 15) is 0 Å². The van der Waals surface area contributed by atoms with Gasteiger partial charge in [0.05, 0.1) is 34.2 Å². The van der Waals surface area contributed by atoms with Gasteiger partial charge in [-0.1, -0.05) is 97.9 Å². The fourth-order valence-corrected chi connectivity index (χ4v) is 4.57. The summed E-state index contributed by atoms with van der Waals surface area (Å²) in [5.74, 6) is 1.61. The first kappa shape index (κ1) is 40.4. The monoisotopic (exact) mass is 645 g/mol. The maximum Gasteiger partial charge on any atom is 3.00 e. The van der Waals surface area contributed by atoms with Crippen molar-refractivity contribution in [3.63, 3.8) is 0 Å². The Kier molecular flexibility index (Phi) is 18.2. The largest absolute Gasteiger partial charge is 3.00 e. The van der Waals surface area contributed by atoms with E-state index in [1.54, 1.807) is 0 Å². The second-order valence-corrected chi connectivity index (χ2v) is 11.0. The van der Waals surface area contributed by atoms with Gasteiger partial charge in [0.1, 0.15) is 0 Å². The summed E-state index contributed by atoms with van der Waals surface area (Å²) in [6.07, 6.45) is 0. The summed E-state index contributed by atoms with van der Waals surface area (Å²) >= 11 is 0. The predicted molar refractivity (Wildman–Crippen MR) is 157 cm³/mol. The van der Waals surface area contributed by atoms with E-state index >= 15 is 0 Å². The fraction of sp³-hybridized carbons (Fsp3) is 0.424. The van der Waals surface area contributed by atoms with Crippen molar-refractivity contribution in [3.8, 4) is 0 Å².